The molecule has 2 rings (SSSR count). The van der Waals surface area contributed by atoms with Gasteiger partial charge in [0.15, 0.2) is 0 Å². The maximum atomic E-state index is 13.1. The molecule has 0 aliphatic heterocycles. The third-order valence-corrected chi connectivity index (χ3v) is 3.40. The summed E-state index contributed by atoms with van der Waals surface area (Å²) in [6.45, 7) is 5.75. The van der Waals surface area contributed by atoms with Gasteiger partial charge in [0.25, 0.3) is 0 Å². The van der Waals surface area contributed by atoms with E-state index in [1.54, 1.807) is 4.90 Å². The molecule has 0 aromatic heterocycles. The number of carbonyl (C=O) groups is 1. The Morgan fingerprint density at radius 2 is 1.75 bits per heavy atom. The number of hydrogen-bond acceptors (Lipinski definition) is 2. The lowest BCUT2D eigenvalue weighted by Crippen LogP contribution is -2.55. The van der Waals surface area contributed by atoms with Crippen LogP contribution in [0.3, 0.4) is 0 Å². The minimum atomic E-state index is -0.765. The first kappa shape index (κ1) is 14.8. The van der Waals surface area contributed by atoms with Crippen molar-refractivity contribution in [2.45, 2.75) is 51.6 Å². The largest absolute Gasteiger partial charge is 0.415 e. The summed E-state index contributed by atoms with van der Waals surface area (Å²) in [5.74, 6) is -1.64. The molecule has 5 heteroatoms. The maximum Gasteiger partial charge on any atom is 0.415 e. The highest BCUT2D eigenvalue weighted by molar-refractivity contribution is 5.72. The van der Waals surface area contributed by atoms with Crippen molar-refractivity contribution in [1.82, 2.24) is 4.90 Å². The van der Waals surface area contributed by atoms with Gasteiger partial charge in [0.05, 0.1) is 0 Å². The molecule has 0 atom stereocenters. The van der Waals surface area contributed by atoms with Crippen molar-refractivity contribution in [3.63, 3.8) is 0 Å². The zero-order valence-corrected chi connectivity index (χ0v) is 12.0. The lowest BCUT2D eigenvalue weighted by molar-refractivity contribution is 0.0468. The van der Waals surface area contributed by atoms with Crippen LogP contribution in [-0.2, 0) is 0 Å². The van der Waals surface area contributed by atoms with Crippen LogP contribution in [0.5, 0.6) is 5.75 Å². The summed E-state index contributed by atoms with van der Waals surface area (Å²) in [6, 6.07) is 2.89. The second-order valence-electron chi connectivity index (χ2n) is 6.10. The molecular weight excluding hydrogens is 264 g/mol. The maximum absolute atomic E-state index is 13.1. The Bertz CT molecular complexity index is 487. The molecule has 1 fully saturated rings. The van der Waals surface area contributed by atoms with Crippen LogP contribution in [0.25, 0.3) is 0 Å². The third kappa shape index (κ3) is 3.26. The number of carbonyl (C=O) groups excluding carboxylic acids is 1. The molecule has 0 saturated heterocycles. The molecule has 0 heterocycles. The Morgan fingerprint density at radius 3 is 2.15 bits per heavy atom. The third-order valence-electron chi connectivity index (χ3n) is 3.40. The van der Waals surface area contributed by atoms with Crippen LogP contribution < -0.4 is 4.74 Å². The highest BCUT2D eigenvalue weighted by atomic mass is 19.1. The van der Waals surface area contributed by atoms with E-state index in [9.17, 15) is 13.6 Å². The van der Waals surface area contributed by atoms with Gasteiger partial charge in [-0.2, -0.15) is 0 Å². The van der Waals surface area contributed by atoms with E-state index in [0.29, 0.717) is 0 Å². The summed E-state index contributed by atoms with van der Waals surface area (Å²) in [5.41, 5.74) is -0.395. The average Bonchev–Trinajstić information content (AvgIpc) is 2.19. The van der Waals surface area contributed by atoms with Crippen LogP contribution in [0.15, 0.2) is 18.2 Å². The molecular formula is C15H19F2NO2. The number of amides is 1. The minimum absolute atomic E-state index is 0.110. The standard InChI is InChI=1S/C15H19F2NO2/c1-15(2,3)18(12-5-4-6-12)14(19)20-13-8-10(16)7-11(17)9-13/h7-9,12H,4-6H2,1-3H3. The Morgan fingerprint density at radius 1 is 1.20 bits per heavy atom. The molecule has 1 aliphatic carbocycles. The van der Waals surface area contributed by atoms with Gasteiger partial charge in [-0.05, 0) is 40.0 Å². The van der Waals surface area contributed by atoms with Gasteiger partial charge in [-0.3, -0.25) is 0 Å². The summed E-state index contributed by atoms with van der Waals surface area (Å²) in [6.07, 6.45) is 2.39. The molecule has 20 heavy (non-hydrogen) atoms. The lowest BCUT2D eigenvalue weighted by Gasteiger charge is -2.44. The molecule has 1 saturated carbocycles. The first-order chi connectivity index (χ1) is 9.27. The van der Waals surface area contributed by atoms with Crippen LogP contribution in [0.4, 0.5) is 13.6 Å². The predicted molar refractivity (Wildman–Crippen MR) is 71.6 cm³/mol. The fourth-order valence-corrected chi connectivity index (χ4v) is 2.35. The number of rotatable bonds is 2. The average molecular weight is 283 g/mol. The Kier molecular flexibility index (Phi) is 3.97. The SMILES string of the molecule is CC(C)(C)N(C(=O)Oc1cc(F)cc(F)c1)C1CCC1. The van der Waals surface area contributed by atoms with E-state index in [1.165, 1.54) is 0 Å². The highest BCUT2D eigenvalue weighted by Crippen LogP contribution is 2.31. The molecule has 0 radical (unpaired) electrons. The van der Waals surface area contributed by atoms with E-state index in [1.807, 2.05) is 20.8 Å². The first-order valence-electron chi connectivity index (χ1n) is 6.74. The van der Waals surface area contributed by atoms with E-state index >= 15 is 0 Å². The molecule has 110 valence electrons. The summed E-state index contributed by atoms with van der Waals surface area (Å²) < 4.78 is 31.3. The van der Waals surface area contributed by atoms with Crippen molar-refractivity contribution in [3.05, 3.63) is 29.8 Å². The summed E-state index contributed by atoms with van der Waals surface area (Å²) >= 11 is 0. The number of hydrogen-bond donors (Lipinski definition) is 0. The van der Waals surface area contributed by atoms with E-state index in [2.05, 4.69) is 0 Å². The van der Waals surface area contributed by atoms with Crippen LogP contribution in [0, 0.1) is 11.6 Å². The van der Waals surface area contributed by atoms with Crippen LogP contribution in [0.1, 0.15) is 40.0 Å². The fourth-order valence-electron chi connectivity index (χ4n) is 2.35. The zero-order valence-electron chi connectivity index (χ0n) is 12.0. The van der Waals surface area contributed by atoms with Crippen molar-refractivity contribution in [1.29, 1.82) is 0 Å². The topological polar surface area (TPSA) is 29.5 Å². The van der Waals surface area contributed by atoms with E-state index < -0.39 is 23.3 Å². The van der Waals surface area contributed by atoms with Gasteiger partial charge < -0.3 is 9.64 Å². The van der Waals surface area contributed by atoms with E-state index in [4.69, 9.17) is 4.74 Å². The van der Waals surface area contributed by atoms with Gasteiger partial charge in [-0.1, -0.05) is 0 Å². The van der Waals surface area contributed by atoms with Crippen molar-refractivity contribution < 1.29 is 18.3 Å². The minimum Gasteiger partial charge on any atom is -0.410 e. The molecule has 1 aromatic rings. The molecule has 3 nitrogen and oxygen atoms in total. The number of ether oxygens (including phenoxy) is 1. The van der Waals surface area contributed by atoms with Crippen LogP contribution in [-0.4, -0.2) is 22.6 Å². The quantitative estimate of drug-likeness (QED) is 0.817. The van der Waals surface area contributed by atoms with Crippen LogP contribution >= 0.6 is 0 Å². The molecule has 0 N–H and O–H groups in total. The fraction of sp³-hybridized carbons (Fsp3) is 0.533. The van der Waals surface area contributed by atoms with Crippen molar-refractivity contribution >= 4 is 6.09 Å². The zero-order chi connectivity index (χ0) is 14.9. The number of halogens is 2. The van der Waals surface area contributed by atoms with Gasteiger partial charge in [-0.15, -0.1) is 0 Å². The van der Waals surface area contributed by atoms with E-state index in [0.717, 1.165) is 37.5 Å². The summed E-state index contributed by atoms with van der Waals surface area (Å²) in [7, 11) is 0. The smallest absolute Gasteiger partial charge is 0.410 e. The molecule has 1 amide bonds. The van der Waals surface area contributed by atoms with Crippen molar-refractivity contribution in [2.75, 3.05) is 0 Å². The lowest BCUT2D eigenvalue weighted by atomic mass is 9.88. The highest BCUT2D eigenvalue weighted by Gasteiger charge is 2.37. The van der Waals surface area contributed by atoms with E-state index in [-0.39, 0.29) is 11.8 Å². The first-order valence-corrected chi connectivity index (χ1v) is 6.74. The normalized spacial score (nSPS) is 15.7. The Hall–Kier alpha value is -1.65. The molecule has 1 aliphatic rings. The molecule has 1 aromatic carbocycles. The monoisotopic (exact) mass is 283 g/mol. The number of nitrogens with zero attached hydrogens (tertiary/aromatic N) is 1. The van der Waals surface area contributed by atoms with Crippen molar-refractivity contribution in [2.24, 2.45) is 0 Å². The van der Waals surface area contributed by atoms with Gasteiger partial charge in [-0.25, -0.2) is 13.6 Å². The molecule has 0 bridgehead atoms. The second-order valence-corrected chi connectivity index (χ2v) is 6.10. The van der Waals surface area contributed by atoms with Crippen molar-refractivity contribution in [3.8, 4) is 5.75 Å². The van der Waals surface area contributed by atoms with Gasteiger partial charge in [0.1, 0.15) is 17.4 Å². The van der Waals surface area contributed by atoms with Gasteiger partial charge in [0, 0.05) is 29.8 Å². The summed E-state index contributed by atoms with van der Waals surface area (Å²) in [4.78, 5) is 13.9. The van der Waals surface area contributed by atoms with Gasteiger partial charge in [0.2, 0.25) is 0 Å². The molecule has 0 unspecified atom stereocenters. The number of benzene rings is 1. The molecule has 0 spiro atoms. The Balaban J connectivity index is 2.15. The van der Waals surface area contributed by atoms with Gasteiger partial charge >= 0.3 is 6.09 Å². The summed E-state index contributed by atoms with van der Waals surface area (Å²) in [5, 5.41) is 0. The Labute approximate surface area is 117 Å². The van der Waals surface area contributed by atoms with Crippen LogP contribution in [0.2, 0.25) is 0 Å². The second kappa shape index (κ2) is 5.38. The predicted octanol–water partition coefficient (Wildman–Crippen LogP) is 4.12.